The third kappa shape index (κ3) is 3.46. The number of fused-ring (bicyclic) bond motifs is 1. The lowest BCUT2D eigenvalue weighted by Gasteiger charge is -2.28. The molecule has 1 aromatic rings. The molecule has 4 amide bonds. The molecule has 2 fully saturated rings. The maximum absolute atomic E-state index is 14.8. The smallest absolute Gasteiger partial charge is 0.264 e. The van der Waals surface area contributed by atoms with Gasteiger partial charge in [-0.05, 0) is 25.0 Å². The van der Waals surface area contributed by atoms with Gasteiger partial charge in [-0.3, -0.25) is 29.4 Å². The fourth-order valence-electron chi connectivity index (χ4n) is 4.19. The van der Waals surface area contributed by atoms with Crippen LogP contribution in [0.25, 0.3) is 0 Å². The van der Waals surface area contributed by atoms with Crippen LogP contribution in [-0.2, 0) is 19.1 Å². The van der Waals surface area contributed by atoms with Crippen LogP contribution in [0.1, 0.15) is 40.0 Å². The Morgan fingerprint density at radius 3 is 2.67 bits per heavy atom. The fourth-order valence-corrected chi connectivity index (χ4v) is 4.19. The first-order valence-corrected chi connectivity index (χ1v) is 9.82. The number of nitrogens with one attached hydrogen (secondary N) is 1. The monoisotopic (exact) mass is 419 g/mol. The Kier molecular flexibility index (Phi) is 5.52. The lowest BCUT2D eigenvalue weighted by atomic mass is 10.0. The van der Waals surface area contributed by atoms with E-state index in [-0.39, 0.29) is 35.8 Å². The first-order chi connectivity index (χ1) is 14.4. The Morgan fingerprint density at radius 1 is 1.13 bits per heavy atom. The minimum atomic E-state index is -1.09. The highest BCUT2D eigenvalue weighted by Crippen LogP contribution is 2.37. The molecule has 0 aromatic heterocycles. The number of carbonyl (C=O) groups is 4. The van der Waals surface area contributed by atoms with Crippen molar-refractivity contribution < 1.29 is 33.0 Å². The van der Waals surface area contributed by atoms with E-state index in [4.69, 9.17) is 9.47 Å². The normalized spacial score (nSPS) is 23.9. The maximum atomic E-state index is 14.8. The average Bonchev–Trinajstić information content (AvgIpc) is 3.26. The van der Waals surface area contributed by atoms with Gasteiger partial charge in [0.25, 0.3) is 11.8 Å². The Labute approximate surface area is 172 Å². The topological polar surface area (TPSA) is 105 Å². The molecule has 0 radical (unpaired) electrons. The van der Waals surface area contributed by atoms with Crippen molar-refractivity contribution in [3.05, 3.63) is 29.1 Å². The largest absolute Gasteiger partial charge is 0.382 e. The van der Waals surface area contributed by atoms with E-state index >= 15 is 0 Å². The molecule has 10 heteroatoms. The number of imide groups is 2. The van der Waals surface area contributed by atoms with E-state index in [0.717, 1.165) is 11.0 Å². The summed E-state index contributed by atoms with van der Waals surface area (Å²) in [5.41, 5.74) is 0.0746. The summed E-state index contributed by atoms with van der Waals surface area (Å²) in [4.78, 5) is 52.2. The zero-order chi connectivity index (χ0) is 21.4. The second-order valence-electron chi connectivity index (χ2n) is 7.49. The Morgan fingerprint density at radius 2 is 1.93 bits per heavy atom. The number of rotatable bonds is 6. The molecular weight excluding hydrogens is 397 g/mol. The third-order valence-electron chi connectivity index (χ3n) is 5.63. The molecule has 160 valence electrons. The van der Waals surface area contributed by atoms with Crippen LogP contribution in [0.2, 0.25) is 0 Å². The van der Waals surface area contributed by atoms with Crippen molar-refractivity contribution >= 4 is 29.3 Å². The van der Waals surface area contributed by atoms with Gasteiger partial charge in [-0.2, -0.15) is 0 Å². The number of piperidine rings is 1. The number of hydrogen-bond acceptors (Lipinski definition) is 7. The van der Waals surface area contributed by atoms with Gasteiger partial charge in [-0.25, -0.2) is 4.39 Å². The predicted octanol–water partition coefficient (Wildman–Crippen LogP) is 0.469. The number of ether oxygens (including phenoxy) is 2. The standard InChI is InChI=1S/C20H22FN3O6/c1-29-8-9-30-11-6-7-23(10-11)17-13(21)3-2-12-16(17)20(28)24(19(12)27)14-4-5-15(25)22-18(14)26/h2-3,11,14H,4-10H2,1H3,(H,22,25,26). The van der Waals surface area contributed by atoms with Gasteiger partial charge in [0, 0.05) is 26.6 Å². The van der Waals surface area contributed by atoms with Crippen LogP contribution in [0.3, 0.4) is 0 Å². The molecule has 3 aliphatic rings. The number of anilines is 1. The predicted molar refractivity (Wildman–Crippen MR) is 102 cm³/mol. The summed E-state index contributed by atoms with van der Waals surface area (Å²) in [6.45, 7) is 1.69. The average molecular weight is 419 g/mol. The number of halogens is 1. The highest BCUT2D eigenvalue weighted by molar-refractivity contribution is 6.25. The highest BCUT2D eigenvalue weighted by atomic mass is 19.1. The van der Waals surface area contributed by atoms with E-state index in [1.807, 2.05) is 0 Å². The molecule has 30 heavy (non-hydrogen) atoms. The summed E-state index contributed by atoms with van der Waals surface area (Å²) in [6.07, 6.45) is 0.574. The minimum Gasteiger partial charge on any atom is -0.382 e. The fraction of sp³-hybridized carbons (Fsp3) is 0.500. The van der Waals surface area contributed by atoms with Gasteiger partial charge in [0.1, 0.15) is 11.9 Å². The lowest BCUT2D eigenvalue weighted by Crippen LogP contribution is -2.54. The molecule has 2 unspecified atom stereocenters. The van der Waals surface area contributed by atoms with E-state index in [2.05, 4.69) is 5.32 Å². The van der Waals surface area contributed by atoms with Crippen molar-refractivity contribution in [3.8, 4) is 0 Å². The second kappa shape index (κ2) is 8.11. The van der Waals surface area contributed by atoms with Gasteiger partial charge in [0.2, 0.25) is 11.8 Å². The molecule has 0 bridgehead atoms. The zero-order valence-corrected chi connectivity index (χ0v) is 16.5. The number of nitrogens with zero attached hydrogens (tertiary/aromatic N) is 2. The van der Waals surface area contributed by atoms with Gasteiger partial charge in [0.15, 0.2) is 0 Å². The van der Waals surface area contributed by atoms with Crippen LogP contribution >= 0.6 is 0 Å². The summed E-state index contributed by atoms with van der Waals surface area (Å²) in [6, 6.07) is 1.34. The van der Waals surface area contributed by atoms with E-state index < -0.39 is 35.5 Å². The van der Waals surface area contributed by atoms with Crippen LogP contribution in [0.4, 0.5) is 10.1 Å². The van der Waals surface area contributed by atoms with E-state index in [1.165, 1.54) is 6.07 Å². The Bertz CT molecular complexity index is 920. The molecule has 4 rings (SSSR count). The van der Waals surface area contributed by atoms with Gasteiger partial charge in [-0.15, -0.1) is 0 Å². The third-order valence-corrected chi connectivity index (χ3v) is 5.63. The second-order valence-corrected chi connectivity index (χ2v) is 7.49. The van der Waals surface area contributed by atoms with E-state index in [9.17, 15) is 23.6 Å². The number of carbonyl (C=O) groups excluding carboxylic acids is 4. The summed E-state index contributed by atoms with van der Waals surface area (Å²) in [5.74, 6) is -3.13. The van der Waals surface area contributed by atoms with Gasteiger partial charge >= 0.3 is 0 Å². The maximum Gasteiger partial charge on any atom is 0.264 e. The molecule has 0 saturated carbocycles. The highest BCUT2D eigenvalue weighted by Gasteiger charge is 2.47. The summed E-state index contributed by atoms with van der Waals surface area (Å²) in [5, 5.41) is 2.15. The van der Waals surface area contributed by atoms with Crippen LogP contribution in [0.15, 0.2) is 12.1 Å². The molecule has 0 aliphatic carbocycles. The van der Waals surface area contributed by atoms with Crippen molar-refractivity contribution in [1.29, 1.82) is 0 Å². The van der Waals surface area contributed by atoms with Gasteiger partial charge in [0.05, 0.1) is 36.1 Å². The first kappa shape index (κ1) is 20.4. The van der Waals surface area contributed by atoms with Crippen LogP contribution in [0.5, 0.6) is 0 Å². The van der Waals surface area contributed by atoms with Crippen molar-refractivity contribution in [1.82, 2.24) is 10.2 Å². The minimum absolute atomic E-state index is 0.0254. The SMILES string of the molecule is COCCOC1CCN(c2c(F)ccc3c2C(=O)N(C2CCC(=O)NC2=O)C3=O)C1. The van der Waals surface area contributed by atoms with Crippen LogP contribution < -0.4 is 10.2 Å². The Balaban J connectivity index is 1.61. The molecule has 1 aromatic carbocycles. The molecule has 2 saturated heterocycles. The summed E-state index contributed by atoms with van der Waals surface area (Å²) >= 11 is 0. The lowest BCUT2D eigenvalue weighted by molar-refractivity contribution is -0.136. The number of hydrogen-bond donors (Lipinski definition) is 1. The molecule has 3 aliphatic heterocycles. The van der Waals surface area contributed by atoms with Crippen molar-refractivity contribution in [2.75, 3.05) is 38.3 Å². The quantitative estimate of drug-likeness (QED) is 0.528. The van der Waals surface area contributed by atoms with Crippen molar-refractivity contribution in [2.24, 2.45) is 0 Å². The zero-order valence-electron chi connectivity index (χ0n) is 16.5. The van der Waals surface area contributed by atoms with Gasteiger partial charge in [-0.1, -0.05) is 0 Å². The molecule has 1 N–H and O–H groups in total. The molecule has 3 heterocycles. The van der Waals surface area contributed by atoms with E-state index in [1.54, 1.807) is 12.0 Å². The number of benzene rings is 1. The Hall–Kier alpha value is -2.85. The number of amides is 4. The molecular formula is C20H22FN3O6. The number of methoxy groups -OCH3 is 1. The van der Waals surface area contributed by atoms with E-state index in [0.29, 0.717) is 32.7 Å². The molecule has 0 spiro atoms. The molecule has 9 nitrogen and oxygen atoms in total. The van der Waals surface area contributed by atoms with Crippen LogP contribution in [-0.4, -0.2) is 74.1 Å². The van der Waals surface area contributed by atoms with Gasteiger partial charge < -0.3 is 14.4 Å². The summed E-state index contributed by atoms with van der Waals surface area (Å²) in [7, 11) is 1.57. The van der Waals surface area contributed by atoms with Crippen LogP contribution in [0, 0.1) is 5.82 Å². The van der Waals surface area contributed by atoms with Crippen molar-refractivity contribution in [3.63, 3.8) is 0 Å². The first-order valence-electron chi connectivity index (χ1n) is 9.82. The molecule has 2 atom stereocenters. The van der Waals surface area contributed by atoms with Crippen molar-refractivity contribution in [2.45, 2.75) is 31.4 Å². The summed E-state index contributed by atoms with van der Waals surface area (Å²) < 4.78 is 25.5.